The summed E-state index contributed by atoms with van der Waals surface area (Å²) in [6.45, 7) is 7.78. The molecule has 3 atom stereocenters. The molecule has 1 aromatic heterocycles. The molecule has 1 saturated heterocycles. The van der Waals surface area contributed by atoms with Crippen molar-refractivity contribution in [2.45, 2.75) is 39.2 Å². The molecule has 10 heteroatoms. The highest BCUT2D eigenvalue weighted by molar-refractivity contribution is 6.42. The molecule has 1 N–H and O–H groups in total. The SMILES string of the molecule is COc1cc2c(Nc3ccc(Cl)c(Cl)c3)ncnc2cc1OCC1C[C@@H]2CN(C(=O)OC(C)(C)C)C[C@@H]2C1. The van der Waals surface area contributed by atoms with Crippen LogP contribution in [0.15, 0.2) is 36.7 Å². The van der Waals surface area contributed by atoms with Crippen molar-refractivity contribution in [2.24, 2.45) is 17.8 Å². The van der Waals surface area contributed by atoms with Crippen LogP contribution in [-0.4, -0.2) is 53.4 Å². The van der Waals surface area contributed by atoms with E-state index in [1.54, 1.807) is 19.2 Å². The largest absolute Gasteiger partial charge is 0.493 e. The first-order valence-electron chi connectivity index (χ1n) is 12.7. The number of halogens is 2. The van der Waals surface area contributed by atoms with Crippen LogP contribution in [0.2, 0.25) is 10.0 Å². The Morgan fingerprint density at radius 1 is 1.05 bits per heavy atom. The van der Waals surface area contributed by atoms with Crippen molar-refractivity contribution in [1.29, 1.82) is 0 Å². The van der Waals surface area contributed by atoms with Crippen LogP contribution in [0.5, 0.6) is 11.5 Å². The first-order chi connectivity index (χ1) is 18.1. The number of nitrogens with zero attached hydrogens (tertiary/aromatic N) is 3. The summed E-state index contributed by atoms with van der Waals surface area (Å²) in [5.74, 6) is 3.26. The second-order valence-electron chi connectivity index (χ2n) is 11.1. The maximum Gasteiger partial charge on any atom is 0.410 e. The summed E-state index contributed by atoms with van der Waals surface area (Å²) in [6.07, 6.45) is 3.35. The van der Waals surface area contributed by atoms with Crippen LogP contribution in [0.4, 0.5) is 16.3 Å². The van der Waals surface area contributed by atoms with Gasteiger partial charge in [-0.1, -0.05) is 23.2 Å². The summed E-state index contributed by atoms with van der Waals surface area (Å²) in [5.41, 5.74) is 1.01. The van der Waals surface area contributed by atoms with Crippen LogP contribution in [0.3, 0.4) is 0 Å². The van der Waals surface area contributed by atoms with Crippen LogP contribution in [0.1, 0.15) is 33.6 Å². The summed E-state index contributed by atoms with van der Waals surface area (Å²) < 4.78 is 17.5. The van der Waals surface area contributed by atoms with Gasteiger partial charge in [-0.25, -0.2) is 14.8 Å². The van der Waals surface area contributed by atoms with E-state index < -0.39 is 5.60 Å². The molecule has 2 aliphatic rings. The van der Waals surface area contributed by atoms with E-state index in [4.69, 9.17) is 37.4 Å². The number of amides is 1. The average Bonchev–Trinajstić information content (AvgIpc) is 3.43. The van der Waals surface area contributed by atoms with Crippen molar-refractivity contribution in [1.82, 2.24) is 14.9 Å². The molecule has 202 valence electrons. The van der Waals surface area contributed by atoms with Gasteiger partial charge in [-0.2, -0.15) is 0 Å². The lowest BCUT2D eigenvalue weighted by Crippen LogP contribution is -2.36. The van der Waals surface area contributed by atoms with Crippen molar-refractivity contribution in [3.63, 3.8) is 0 Å². The predicted molar refractivity (Wildman–Crippen MR) is 149 cm³/mol. The molecule has 2 aromatic carbocycles. The molecule has 0 bridgehead atoms. The van der Waals surface area contributed by atoms with Crippen molar-refractivity contribution in [2.75, 3.05) is 32.1 Å². The lowest BCUT2D eigenvalue weighted by Gasteiger charge is -2.25. The zero-order valence-corrected chi connectivity index (χ0v) is 23.5. The van der Waals surface area contributed by atoms with Crippen molar-refractivity contribution < 1.29 is 19.0 Å². The zero-order valence-electron chi connectivity index (χ0n) is 22.0. The molecule has 1 saturated carbocycles. The molecule has 2 heterocycles. The summed E-state index contributed by atoms with van der Waals surface area (Å²) in [5, 5.41) is 5.01. The minimum Gasteiger partial charge on any atom is -0.493 e. The van der Waals surface area contributed by atoms with E-state index >= 15 is 0 Å². The fourth-order valence-electron chi connectivity index (χ4n) is 5.39. The predicted octanol–water partition coefficient (Wildman–Crippen LogP) is 6.96. The number of anilines is 2. The summed E-state index contributed by atoms with van der Waals surface area (Å²) in [6, 6.07) is 9.08. The molecular weight excluding hydrogens is 527 g/mol. The highest BCUT2D eigenvalue weighted by Crippen LogP contribution is 2.43. The standard InChI is InChI=1S/C28H32Cl2N4O4/c1-28(2,3)38-27(35)34-12-17-7-16(8-18(17)13-34)14-37-25-11-23-20(10-24(25)36-4)26(32-15-31-23)33-19-5-6-21(29)22(30)9-19/h5-6,9-11,15-18H,7-8,12-14H2,1-4H3,(H,31,32,33)/t16?,17-,18+. The van der Waals surface area contributed by atoms with Crippen LogP contribution in [0, 0.1) is 17.8 Å². The second kappa shape index (κ2) is 10.7. The molecule has 5 rings (SSSR count). The normalized spacial score (nSPS) is 20.9. The number of fused-ring (bicyclic) bond motifs is 2. The molecule has 2 fully saturated rings. The van der Waals surface area contributed by atoms with E-state index in [0.29, 0.717) is 51.7 Å². The quantitative estimate of drug-likeness (QED) is 0.349. The second-order valence-corrected chi connectivity index (χ2v) is 11.9. The van der Waals surface area contributed by atoms with Gasteiger partial charge in [0.1, 0.15) is 17.7 Å². The van der Waals surface area contributed by atoms with E-state index in [0.717, 1.165) is 42.5 Å². The van der Waals surface area contributed by atoms with E-state index in [2.05, 4.69) is 15.3 Å². The molecule has 38 heavy (non-hydrogen) atoms. The lowest BCUT2D eigenvalue weighted by molar-refractivity contribution is 0.0276. The summed E-state index contributed by atoms with van der Waals surface area (Å²) >= 11 is 12.2. The highest BCUT2D eigenvalue weighted by atomic mass is 35.5. The van der Waals surface area contributed by atoms with Crippen molar-refractivity contribution in [3.8, 4) is 11.5 Å². The molecule has 0 radical (unpaired) electrons. The van der Waals surface area contributed by atoms with Crippen LogP contribution in [0.25, 0.3) is 10.9 Å². The molecule has 1 unspecified atom stereocenters. The smallest absolute Gasteiger partial charge is 0.410 e. The Morgan fingerprint density at radius 3 is 2.45 bits per heavy atom. The number of carbonyl (C=O) groups is 1. The molecule has 1 aliphatic heterocycles. The fraction of sp³-hybridized carbons (Fsp3) is 0.464. The fourth-order valence-corrected chi connectivity index (χ4v) is 5.69. The maximum atomic E-state index is 12.5. The van der Waals surface area contributed by atoms with E-state index in [-0.39, 0.29) is 6.09 Å². The topological polar surface area (TPSA) is 85.8 Å². The summed E-state index contributed by atoms with van der Waals surface area (Å²) in [4.78, 5) is 23.2. The number of rotatable bonds is 6. The van der Waals surface area contributed by atoms with E-state index in [1.165, 1.54) is 6.33 Å². The summed E-state index contributed by atoms with van der Waals surface area (Å²) in [7, 11) is 1.62. The van der Waals surface area contributed by atoms with Gasteiger partial charge in [-0.05, 0) is 75.6 Å². The van der Waals surface area contributed by atoms with Gasteiger partial charge >= 0.3 is 6.09 Å². The van der Waals surface area contributed by atoms with Gasteiger partial charge in [0.2, 0.25) is 0 Å². The van der Waals surface area contributed by atoms with E-state index in [9.17, 15) is 4.79 Å². The number of ether oxygens (including phenoxy) is 3. The number of carbonyl (C=O) groups excluding carboxylic acids is 1. The maximum absolute atomic E-state index is 12.5. The molecular formula is C28H32Cl2N4O4. The number of methoxy groups -OCH3 is 1. The Bertz CT molecular complexity index is 1330. The minimum atomic E-state index is -0.477. The van der Waals surface area contributed by atoms with Gasteiger partial charge in [0, 0.05) is 30.2 Å². The van der Waals surface area contributed by atoms with Crippen molar-refractivity contribution >= 4 is 51.7 Å². The van der Waals surface area contributed by atoms with Gasteiger partial charge in [-0.15, -0.1) is 0 Å². The first-order valence-corrected chi connectivity index (χ1v) is 13.5. The Labute approximate surface area is 232 Å². The Hall–Kier alpha value is -2.97. The monoisotopic (exact) mass is 558 g/mol. The van der Waals surface area contributed by atoms with Gasteiger partial charge in [0.15, 0.2) is 11.5 Å². The van der Waals surface area contributed by atoms with E-state index in [1.807, 2.05) is 43.9 Å². The third kappa shape index (κ3) is 5.86. The molecule has 1 aliphatic carbocycles. The minimum absolute atomic E-state index is 0.212. The third-order valence-electron chi connectivity index (χ3n) is 7.08. The van der Waals surface area contributed by atoms with Crippen LogP contribution < -0.4 is 14.8 Å². The number of nitrogens with one attached hydrogen (secondary N) is 1. The number of benzene rings is 2. The zero-order chi connectivity index (χ0) is 27.0. The van der Waals surface area contributed by atoms with Gasteiger partial charge < -0.3 is 24.4 Å². The number of hydrogen-bond acceptors (Lipinski definition) is 7. The molecule has 8 nitrogen and oxygen atoms in total. The first kappa shape index (κ1) is 26.6. The number of aromatic nitrogens is 2. The number of likely N-dealkylation sites (tertiary alicyclic amines) is 1. The average molecular weight is 559 g/mol. The Kier molecular flexibility index (Phi) is 7.47. The lowest BCUT2D eigenvalue weighted by atomic mass is 10.0. The van der Waals surface area contributed by atoms with Gasteiger partial charge in [0.25, 0.3) is 0 Å². The Morgan fingerprint density at radius 2 is 1.79 bits per heavy atom. The Balaban J connectivity index is 1.24. The van der Waals surface area contributed by atoms with Gasteiger partial charge in [0.05, 0.1) is 29.3 Å². The van der Waals surface area contributed by atoms with Gasteiger partial charge in [-0.3, -0.25) is 0 Å². The number of hydrogen-bond donors (Lipinski definition) is 1. The molecule has 1 amide bonds. The highest BCUT2D eigenvalue weighted by Gasteiger charge is 2.43. The van der Waals surface area contributed by atoms with Crippen LogP contribution in [-0.2, 0) is 4.74 Å². The third-order valence-corrected chi connectivity index (χ3v) is 7.82. The molecule has 3 aromatic rings. The molecule has 0 spiro atoms. The van der Waals surface area contributed by atoms with Crippen LogP contribution >= 0.6 is 23.2 Å². The van der Waals surface area contributed by atoms with Crippen molar-refractivity contribution in [3.05, 3.63) is 46.7 Å².